The minimum absolute atomic E-state index is 0.0899. The molecular weight excluding hydrogens is 274 g/mol. The fraction of sp³-hybridized carbons (Fsp3) is 0.562. The molecule has 1 saturated carbocycles. The maximum atomic E-state index is 11.9. The number of hydrogen-bond donors (Lipinski definition) is 2. The molecule has 2 rings (SSSR count). The molecule has 0 bridgehead atoms. The largest absolute Gasteiger partial charge is 0.391 e. The molecule has 0 spiro atoms. The first-order chi connectivity index (χ1) is 9.66. The summed E-state index contributed by atoms with van der Waals surface area (Å²) in [5, 5.41) is 13.5. The number of benzene rings is 1. The highest BCUT2D eigenvalue weighted by molar-refractivity contribution is 6.31. The Balaban J connectivity index is 1.76. The number of rotatable bonds is 5. The van der Waals surface area contributed by atoms with Crippen molar-refractivity contribution in [3.8, 4) is 0 Å². The Morgan fingerprint density at radius 2 is 2.00 bits per heavy atom. The third kappa shape index (κ3) is 4.50. The fourth-order valence-corrected chi connectivity index (χ4v) is 2.98. The zero-order valence-electron chi connectivity index (χ0n) is 11.6. The number of amides is 1. The molecule has 3 nitrogen and oxygen atoms in total. The van der Waals surface area contributed by atoms with E-state index in [9.17, 15) is 9.90 Å². The molecule has 4 heteroatoms. The van der Waals surface area contributed by atoms with Crippen LogP contribution in [0.2, 0.25) is 5.02 Å². The first-order valence-corrected chi connectivity index (χ1v) is 7.73. The van der Waals surface area contributed by atoms with Crippen molar-refractivity contribution in [2.75, 3.05) is 6.54 Å². The van der Waals surface area contributed by atoms with E-state index in [0.29, 0.717) is 17.5 Å². The Kier molecular flexibility index (Phi) is 5.86. The van der Waals surface area contributed by atoms with Crippen molar-refractivity contribution >= 4 is 17.5 Å². The van der Waals surface area contributed by atoms with E-state index in [4.69, 9.17) is 11.6 Å². The number of hydrogen-bond acceptors (Lipinski definition) is 2. The van der Waals surface area contributed by atoms with Crippen LogP contribution >= 0.6 is 11.6 Å². The summed E-state index contributed by atoms with van der Waals surface area (Å²) in [6.45, 7) is 0.341. The summed E-state index contributed by atoms with van der Waals surface area (Å²) in [6, 6.07) is 7.34. The Morgan fingerprint density at radius 1 is 1.30 bits per heavy atom. The third-order valence-electron chi connectivity index (χ3n) is 4.01. The maximum Gasteiger partial charge on any atom is 0.224 e. The average molecular weight is 296 g/mol. The van der Waals surface area contributed by atoms with Crippen LogP contribution < -0.4 is 5.32 Å². The van der Waals surface area contributed by atoms with Gasteiger partial charge in [0, 0.05) is 11.6 Å². The molecule has 1 atom stereocenters. The van der Waals surface area contributed by atoms with Crippen LogP contribution in [-0.4, -0.2) is 23.7 Å². The van der Waals surface area contributed by atoms with E-state index in [2.05, 4.69) is 5.32 Å². The van der Waals surface area contributed by atoms with E-state index in [1.165, 1.54) is 19.3 Å². The van der Waals surface area contributed by atoms with E-state index >= 15 is 0 Å². The molecule has 0 heterocycles. The van der Waals surface area contributed by atoms with E-state index in [1.807, 2.05) is 18.2 Å². The lowest BCUT2D eigenvalue weighted by Crippen LogP contribution is -2.37. The van der Waals surface area contributed by atoms with Gasteiger partial charge in [-0.05, 0) is 30.4 Å². The summed E-state index contributed by atoms with van der Waals surface area (Å²) < 4.78 is 0. The molecular formula is C16H22ClNO2. The van der Waals surface area contributed by atoms with E-state index in [1.54, 1.807) is 6.07 Å². The predicted molar refractivity (Wildman–Crippen MR) is 80.7 cm³/mol. The van der Waals surface area contributed by atoms with E-state index in [-0.39, 0.29) is 12.3 Å². The van der Waals surface area contributed by atoms with Crippen molar-refractivity contribution in [3.63, 3.8) is 0 Å². The molecule has 0 aromatic heterocycles. The van der Waals surface area contributed by atoms with Crippen LogP contribution in [0.4, 0.5) is 0 Å². The van der Waals surface area contributed by atoms with Gasteiger partial charge in [-0.2, -0.15) is 0 Å². The van der Waals surface area contributed by atoms with Gasteiger partial charge in [-0.15, -0.1) is 0 Å². The second kappa shape index (κ2) is 7.65. The Labute approximate surface area is 125 Å². The smallest absolute Gasteiger partial charge is 0.224 e. The number of aliphatic hydroxyl groups is 1. The number of carbonyl (C=O) groups excluding carboxylic acids is 1. The molecule has 0 aliphatic heterocycles. The van der Waals surface area contributed by atoms with E-state index in [0.717, 1.165) is 18.4 Å². The summed E-state index contributed by atoms with van der Waals surface area (Å²) in [5.41, 5.74) is 0.818. The number of halogens is 1. The molecule has 1 amide bonds. The monoisotopic (exact) mass is 295 g/mol. The van der Waals surface area contributed by atoms with Crippen molar-refractivity contribution in [1.29, 1.82) is 0 Å². The van der Waals surface area contributed by atoms with Crippen LogP contribution in [-0.2, 0) is 11.2 Å². The molecule has 110 valence electrons. The van der Waals surface area contributed by atoms with Gasteiger partial charge < -0.3 is 10.4 Å². The number of aliphatic hydroxyl groups excluding tert-OH is 1. The van der Waals surface area contributed by atoms with Gasteiger partial charge in [0.2, 0.25) is 5.91 Å². The molecule has 0 saturated heterocycles. The molecule has 0 unspecified atom stereocenters. The van der Waals surface area contributed by atoms with Gasteiger partial charge in [-0.3, -0.25) is 4.79 Å². The molecule has 1 aromatic carbocycles. The minimum Gasteiger partial charge on any atom is -0.391 e. The maximum absolute atomic E-state index is 11.9. The van der Waals surface area contributed by atoms with Gasteiger partial charge in [0.05, 0.1) is 12.5 Å². The van der Waals surface area contributed by atoms with Crippen LogP contribution in [0, 0.1) is 5.92 Å². The summed E-state index contributed by atoms with van der Waals surface area (Å²) in [4.78, 5) is 11.9. The normalized spacial score (nSPS) is 17.7. The van der Waals surface area contributed by atoms with Gasteiger partial charge in [0.25, 0.3) is 0 Å². The van der Waals surface area contributed by atoms with Gasteiger partial charge in [-0.1, -0.05) is 49.1 Å². The van der Waals surface area contributed by atoms with Crippen LogP contribution in [0.5, 0.6) is 0 Å². The highest BCUT2D eigenvalue weighted by Gasteiger charge is 2.21. The molecule has 2 N–H and O–H groups in total. The van der Waals surface area contributed by atoms with Crippen molar-refractivity contribution < 1.29 is 9.90 Å². The first-order valence-electron chi connectivity index (χ1n) is 7.35. The quantitative estimate of drug-likeness (QED) is 0.877. The van der Waals surface area contributed by atoms with Crippen LogP contribution in [0.25, 0.3) is 0 Å². The van der Waals surface area contributed by atoms with Gasteiger partial charge >= 0.3 is 0 Å². The molecule has 1 fully saturated rings. The molecule has 1 aliphatic rings. The van der Waals surface area contributed by atoms with Gasteiger partial charge in [0.15, 0.2) is 0 Å². The lowest BCUT2D eigenvalue weighted by molar-refractivity contribution is -0.121. The van der Waals surface area contributed by atoms with E-state index < -0.39 is 6.10 Å². The lowest BCUT2D eigenvalue weighted by atomic mass is 9.85. The highest BCUT2D eigenvalue weighted by Crippen LogP contribution is 2.26. The summed E-state index contributed by atoms with van der Waals surface area (Å²) >= 11 is 6.02. The number of carbonyl (C=O) groups is 1. The predicted octanol–water partition coefficient (Wildman–Crippen LogP) is 2.94. The van der Waals surface area contributed by atoms with Crippen molar-refractivity contribution in [3.05, 3.63) is 34.9 Å². The van der Waals surface area contributed by atoms with Crippen molar-refractivity contribution in [2.45, 2.75) is 44.6 Å². The zero-order valence-corrected chi connectivity index (χ0v) is 12.4. The van der Waals surface area contributed by atoms with Crippen LogP contribution in [0.3, 0.4) is 0 Å². The Hall–Kier alpha value is -1.06. The number of nitrogens with one attached hydrogen (secondary N) is 1. The third-order valence-corrected chi connectivity index (χ3v) is 4.38. The fourth-order valence-electron chi connectivity index (χ4n) is 2.78. The highest BCUT2D eigenvalue weighted by atomic mass is 35.5. The second-order valence-corrected chi connectivity index (χ2v) is 5.94. The summed E-state index contributed by atoms with van der Waals surface area (Å²) in [7, 11) is 0. The Bertz CT molecular complexity index is 444. The summed E-state index contributed by atoms with van der Waals surface area (Å²) in [5.74, 6) is 0.248. The van der Waals surface area contributed by atoms with Crippen molar-refractivity contribution in [2.24, 2.45) is 5.92 Å². The SMILES string of the molecule is O=C(Cc1ccccc1Cl)NC[C@@H](O)C1CCCCC1. The van der Waals surface area contributed by atoms with Crippen molar-refractivity contribution in [1.82, 2.24) is 5.32 Å². The van der Waals surface area contributed by atoms with Gasteiger partial charge in [0.1, 0.15) is 0 Å². The average Bonchev–Trinajstić information content (AvgIpc) is 2.48. The summed E-state index contributed by atoms with van der Waals surface area (Å²) in [6.07, 6.45) is 5.62. The van der Waals surface area contributed by atoms with Crippen LogP contribution in [0.15, 0.2) is 24.3 Å². The topological polar surface area (TPSA) is 49.3 Å². The lowest BCUT2D eigenvalue weighted by Gasteiger charge is -2.26. The van der Waals surface area contributed by atoms with Gasteiger partial charge in [-0.25, -0.2) is 0 Å². The zero-order chi connectivity index (χ0) is 14.4. The molecule has 20 heavy (non-hydrogen) atoms. The standard InChI is InChI=1S/C16H22ClNO2/c17-14-9-5-4-8-13(14)10-16(20)18-11-15(19)12-6-2-1-3-7-12/h4-5,8-9,12,15,19H,1-3,6-7,10-11H2,(H,18,20)/t15-/m1/s1. The van der Waals surface area contributed by atoms with Crippen LogP contribution in [0.1, 0.15) is 37.7 Å². The molecule has 1 aliphatic carbocycles. The minimum atomic E-state index is -0.425. The molecule has 1 aromatic rings. The Morgan fingerprint density at radius 3 is 2.70 bits per heavy atom. The second-order valence-electron chi connectivity index (χ2n) is 5.54. The molecule has 0 radical (unpaired) electrons. The first kappa shape index (κ1) is 15.3.